The molecular weight excluding hydrogens is 326 g/mol. The molecule has 0 saturated carbocycles. The summed E-state index contributed by atoms with van der Waals surface area (Å²) in [6.45, 7) is 3.61. The topological polar surface area (TPSA) is 85.1 Å². The van der Waals surface area contributed by atoms with E-state index in [2.05, 4.69) is 14.9 Å². The fraction of sp³-hybridized carbons (Fsp3) is 0.176. The van der Waals surface area contributed by atoms with E-state index in [1.54, 1.807) is 25.1 Å². The van der Waals surface area contributed by atoms with Gasteiger partial charge in [0.1, 0.15) is 0 Å². The zero-order valence-electron chi connectivity index (χ0n) is 13.3. The van der Waals surface area contributed by atoms with E-state index in [1.165, 1.54) is 12.1 Å². The van der Waals surface area contributed by atoms with Crippen molar-refractivity contribution in [2.75, 3.05) is 0 Å². The summed E-state index contributed by atoms with van der Waals surface area (Å²) >= 11 is 0. The van der Waals surface area contributed by atoms with Gasteiger partial charge >= 0.3 is 0 Å². The smallest absolute Gasteiger partial charge is 0.244 e. The fourth-order valence-corrected chi connectivity index (χ4v) is 3.51. The van der Waals surface area contributed by atoms with E-state index >= 15 is 0 Å². The van der Waals surface area contributed by atoms with E-state index < -0.39 is 16.1 Å². The van der Waals surface area contributed by atoms with Gasteiger partial charge in [0.2, 0.25) is 21.7 Å². The van der Waals surface area contributed by atoms with Crippen molar-refractivity contribution < 1.29 is 12.9 Å². The van der Waals surface area contributed by atoms with E-state index in [1.807, 2.05) is 31.2 Å². The van der Waals surface area contributed by atoms with Crippen LogP contribution in [0, 0.1) is 6.92 Å². The van der Waals surface area contributed by atoms with Gasteiger partial charge in [-0.2, -0.15) is 9.71 Å². The van der Waals surface area contributed by atoms with Gasteiger partial charge in [0, 0.05) is 5.56 Å². The molecule has 0 aliphatic carbocycles. The van der Waals surface area contributed by atoms with Gasteiger partial charge in [0.05, 0.1) is 10.9 Å². The lowest BCUT2D eigenvalue weighted by Gasteiger charge is -2.10. The number of aromatic nitrogens is 2. The second-order valence-electron chi connectivity index (χ2n) is 5.43. The predicted molar refractivity (Wildman–Crippen MR) is 89.6 cm³/mol. The van der Waals surface area contributed by atoms with Crippen LogP contribution in [0.25, 0.3) is 11.4 Å². The molecule has 3 aromatic rings. The normalized spacial score (nSPS) is 12.9. The van der Waals surface area contributed by atoms with Gasteiger partial charge in [-0.3, -0.25) is 0 Å². The fourth-order valence-electron chi connectivity index (χ4n) is 2.30. The van der Waals surface area contributed by atoms with E-state index in [-0.39, 0.29) is 10.8 Å². The molecule has 24 heavy (non-hydrogen) atoms. The van der Waals surface area contributed by atoms with Crippen molar-refractivity contribution in [3.8, 4) is 11.4 Å². The minimum atomic E-state index is -3.65. The van der Waals surface area contributed by atoms with Crippen molar-refractivity contribution in [1.29, 1.82) is 0 Å². The Balaban J connectivity index is 1.82. The minimum absolute atomic E-state index is 0.190. The number of rotatable bonds is 5. The molecule has 3 rings (SSSR count). The van der Waals surface area contributed by atoms with Crippen LogP contribution in [0.5, 0.6) is 0 Å². The highest BCUT2D eigenvalue weighted by atomic mass is 32.2. The van der Waals surface area contributed by atoms with Gasteiger partial charge < -0.3 is 4.52 Å². The Morgan fingerprint density at radius 2 is 1.71 bits per heavy atom. The zero-order chi connectivity index (χ0) is 17.2. The maximum atomic E-state index is 12.3. The molecule has 0 saturated heterocycles. The summed E-state index contributed by atoms with van der Waals surface area (Å²) in [6.07, 6.45) is 0. The SMILES string of the molecule is Cc1ccccc1-c1noc(C(C)NS(=O)(=O)c2ccccc2)n1. The van der Waals surface area contributed by atoms with Crippen molar-refractivity contribution >= 4 is 10.0 Å². The molecule has 6 nitrogen and oxygen atoms in total. The molecule has 1 atom stereocenters. The van der Waals surface area contributed by atoms with Crippen LogP contribution in [0.4, 0.5) is 0 Å². The predicted octanol–water partition coefficient (Wildman–Crippen LogP) is 3.08. The largest absolute Gasteiger partial charge is 0.337 e. The first-order chi connectivity index (χ1) is 11.5. The molecule has 1 heterocycles. The standard InChI is InChI=1S/C17H17N3O3S/c1-12-8-6-7-11-15(12)16-18-17(23-19-16)13(2)20-24(21,22)14-9-4-3-5-10-14/h3-11,13,20H,1-2H3. The van der Waals surface area contributed by atoms with Gasteiger partial charge in [-0.05, 0) is 31.5 Å². The van der Waals surface area contributed by atoms with Crippen LogP contribution in [-0.4, -0.2) is 18.6 Å². The lowest BCUT2D eigenvalue weighted by Crippen LogP contribution is -2.27. The van der Waals surface area contributed by atoms with Gasteiger partial charge in [-0.1, -0.05) is 47.6 Å². The molecule has 2 aromatic carbocycles. The van der Waals surface area contributed by atoms with Crippen LogP contribution >= 0.6 is 0 Å². The Kier molecular flexibility index (Phi) is 4.46. The Morgan fingerprint density at radius 1 is 1.04 bits per heavy atom. The van der Waals surface area contributed by atoms with Crippen molar-refractivity contribution in [1.82, 2.24) is 14.9 Å². The third-order valence-corrected chi connectivity index (χ3v) is 5.14. The first-order valence-electron chi connectivity index (χ1n) is 7.44. The Bertz CT molecular complexity index is 936. The maximum Gasteiger partial charge on any atom is 0.244 e. The molecule has 7 heteroatoms. The van der Waals surface area contributed by atoms with Crippen molar-refractivity contribution in [2.24, 2.45) is 0 Å². The minimum Gasteiger partial charge on any atom is -0.337 e. The molecule has 124 valence electrons. The van der Waals surface area contributed by atoms with E-state index in [4.69, 9.17) is 4.52 Å². The summed E-state index contributed by atoms with van der Waals surface area (Å²) in [6, 6.07) is 15.2. The number of hydrogen-bond donors (Lipinski definition) is 1. The molecule has 0 fully saturated rings. The summed E-state index contributed by atoms with van der Waals surface area (Å²) in [7, 11) is -3.65. The molecule has 1 N–H and O–H groups in total. The van der Waals surface area contributed by atoms with Gasteiger partial charge in [-0.25, -0.2) is 8.42 Å². The van der Waals surface area contributed by atoms with Crippen LogP contribution in [0.2, 0.25) is 0 Å². The van der Waals surface area contributed by atoms with Crippen LogP contribution in [0.1, 0.15) is 24.4 Å². The number of hydrogen-bond acceptors (Lipinski definition) is 5. The number of nitrogens with one attached hydrogen (secondary N) is 1. The Hall–Kier alpha value is -2.51. The molecule has 0 bridgehead atoms. The van der Waals surface area contributed by atoms with Crippen LogP contribution in [-0.2, 0) is 10.0 Å². The number of sulfonamides is 1. The second kappa shape index (κ2) is 6.54. The molecular formula is C17H17N3O3S. The molecule has 0 aliphatic heterocycles. The molecule has 0 spiro atoms. The molecule has 0 aliphatic rings. The quantitative estimate of drug-likeness (QED) is 0.769. The highest BCUT2D eigenvalue weighted by Crippen LogP contribution is 2.22. The first-order valence-corrected chi connectivity index (χ1v) is 8.92. The first kappa shape index (κ1) is 16.4. The van der Waals surface area contributed by atoms with Gasteiger partial charge in [0.25, 0.3) is 0 Å². The summed E-state index contributed by atoms with van der Waals surface area (Å²) in [4.78, 5) is 4.50. The second-order valence-corrected chi connectivity index (χ2v) is 7.14. The van der Waals surface area contributed by atoms with Gasteiger partial charge in [-0.15, -0.1) is 0 Å². The van der Waals surface area contributed by atoms with Gasteiger partial charge in [0.15, 0.2) is 0 Å². The van der Waals surface area contributed by atoms with Crippen LogP contribution in [0.3, 0.4) is 0 Å². The maximum absolute atomic E-state index is 12.3. The van der Waals surface area contributed by atoms with Crippen molar-refractivity contribution in [2.45, 2.75) is 24.8 Å². The van der Waals surface area contributed by atoms with Crippen molar-refractivity contribution in [3.63, 3.8) is 0 Å². The zero-order valence-corrected chi connectivity index (χ0v) is 14.1. The molecule has 1 aromatic heterocycles. The van der Waals surface area contributed by atoms with Crippen LogP contribution in [0.15, 0.2) is 64.0 Å². The average molecular weight is 343 g/mol. The number of aryl methyl sites for hydroxylation is 1. The average Bonchev–Trinajstić information content (AvgIpc) is 3.06. The summed E-state index contributed by atoms with van der Waals surface area (Å²) in [5, 5.41) is 3.95. The Labute approximate surface area is 140 Å². The lowest BCUT2D eigenvalue weighted by atomic mass is 10.1. The van der Waals surface area contributed by atoms with E-state index in [0.29, 0.717) is 5.82 Å². The molecule has 0 radical (unpaired) electrons. The molecule has 1 unspecified atom stereocenters. The number of nitrogens with zero attached hydrogens (tertiary/aromatic N) is 2. The third kappa shape index (κ3) is 3.37. The van der Waals surface area contributed by atoms with E-state index in [0.717, 1.165) is 11.1 Å². The summed E-state index contributed by atoms with van der Waals surface area (Å²) in [5.41, 5.74) is 1.87. The van der Waals surface area contributed by atoms with E-state index in [9.17, 15) is 8.42 Å². The van der Waals surface area contributed by atoms with Crippen molar-refractivity contribution in [3.05, 3.63) is 66.1 Å². The lowest BCUT2D eigenvalue weighted by molar-refractivity contribution is 0.354. The number of benzene rings is 2. The highest BCUT2D eigenvalue weighted by Gasteiger charge is 2.22. The monoisotopic (exact) mass is 343 g/mol. The summed E-state index contributed by atoms with van der Waals surface area (Å²) in [5.74, 6) is 0.654. The third-order valence-electron chi connectivity index (χ3n) is 3.58. The molecule has 0 amide bonds. The summed E-state index contributed by atoms with van der Waals surface area (Å²) < 4.78 is 32.5. The van der Waals surface area contributed by atoms with Crippen LogP contribution < -0.4 is 4.72 Å². The highest BCUT2D eigenvalue weighted by molar-refractivity contribution is 7.89. The Morgan fingerprint density at radius 3 is 2.42 bits per heavy atom.